The lowest BCUT2D eigenvalue weighted by Gasteiger charge is -2.28. The lowest BCUT2D eigenvalue weighted by molar-refractivity contribution is 0.0709. The van der Waals surface area contributed by atoms with E-state index in [1.807, 2.05) is 20.8 Å². The van der Waals surface area contributed by atoms with Crippen LogP contribution in [-0.2, 0) is 13.3 Å². The fourth-order valence-electron chi connectivity index (χ4n) is 2.59. The molecular formula is C18H39NO3S2Si. The third-order valence-electron chi connectivity index (χ3n) is 3.75. The van der Waals surface area contributed by atoms with Gasteiger partial charge in [0.2, 0.25) is 0 Å². The third-order valence-corrected chi connectivity index (χ3v) is 8.30. The summed E-state index contributed by atoms with van der Waals surface area (Å²) in [6.45, 7) is 11.0. The highest BCUT2D eigenvalue weighted by Crippen LogP contribution is 2.18. The zero-order valence-electron chi connectivity index (χ0n) is 16.7. The Morgan fingerprint density at radius 1 is 0.840 bits per heavy atom. The van der Waals surface area contributed by atoms with E-state index in [1.165, 1.54) is 38.5 Å². The lowest BCUT2D eigenvalue weighted by atomic mass is 10.1. The Balaban J connectivity index is 3.83. The van der Waals surface area contributed by atoms with Gasteiger partial charge in [0.25, 0.3) is 0 Å². The van der Waals surface area contributed by atoms with E-state index in [2.05, 4.69) is 12.2 Å². The van der Waals surface area contributed by atoms with Crippen LogP contribution in [0.15, 0.2) is 0 Å². The summed E-state index contributed by atoms with van der Waals surface area (Å²) in [5.74, 6) is 1.12. The molecule has 4 nitrogen and oxygen atoms in total. The van der Waals surface area contributed by atoms with Gasteiger partial charge in [-0.25, -0.2) is 0 Å². The number of thiocarbonyl (C=S) groups is 1. The molecule has 0 rings (SSSR count). The first-order valence-electron chi connectivity index (χ1n) is 9.96. The average molecular weight is 410 g/mol. The summed E-state index contributed by atoms with van der Waals surface area (Å²) in [6, 6.07) is 0.834. The fraction of sp³-hybridized carbons (Fsp3) is 0.944. The van der Waals surface area contributed by atoms with Crippen LogP contribution in [0, 0.1) is 0 Å². The second-order valence-corrected chi connectivity index (χ2v) is 10.4. The van der Waals surface area contributed by atoms with E-state index in [0.29, 0.717) is 19.8 Å². The Labute approximate surface area is 166 Å². The molecule has 1 N–H and O–H groups in total. The largest absolute Gasteiger partial charge is 0.500 e. The smallest absolute Gasteiger partial charge is 0.374 e. The van der Waals surface area contributed by atoms with Crippen molar-refractivity contribution >= 4 is 37.1 Å². The van der Waals surface area contributed by atoms with Crippen molar-refractivity contribution in [3.05, 3.63) is 0 Å². The van der Waals surface area contributed by atoms with E-state index >= 15 is 0 Å². The monoisotopic (exact) mass is 409 g/mol. The van der Waals surface area contributed by atoms with Gasteiger partial charge >= 0.3 is 8.80 Å². The predicted octanol–water partition coefficient (Wildman–Crippen LogP) is 5.39. The van der Waals surface area contributed by atoms with Crippen molar-refractivity contribution in [1.29, 1.82) is 0 Å². The zero-order valence-corrected chi connectivity index (χ0v) is 19.4. The summed E-state index contributed by atoms with van der Waals surface area (Å²) in [5.41, 5.74) is 0. The van der Waals surface area contributed by atoms with E-state index in [0.717, 1.165) is 29.1 Å². The molecule has 0 saturated carbocycles. The molecule has 0 aromatic carbocycles. The van der Waals surface area contributed by atoms with Gasteiger partial charge in [0.05, 0.1) is 0 Å². The second kappa shape index (κ2) is 17.7. The van der Waals surface area contributed by atoms with E-state index in [1.54, 1.807) is 11.8 Å². The highest BCUT2D eigenvalue weighted by molar-refractivity contribution is 8.22. The molecule has 0 bridgehead atoms. The van der Waals surface area contributed by atoms with Gasteiger partial charge in [0.1, 0.15) is 4.32 Å². The van der Waals surface area contributed by atoms with Crippen LogP contribution >= 0.6 is 24.0 Å². The topological polar surface area (TPSA) is 39.7 Å². The zero-order chi connectivity index (χ0) is 18.8. The van der Waals surface area contributed by atoms with Gasteiger partial charge in [-0.3, -0.25) is 0 Å². The maximum absolute atomic E-state index is 5.87. The van der Waals surface area contributed by atoms with Crippen molar-refractivity contribution in [3.63, 3.8) is 0 Å². The molecule has 0 amide bonds. The van der Waals surface area contributed by atoms with E-state index in [-0.39, 0.29) is 0 Å². The minimum absolute atomic E-state index is 0.631. The molecular weight excluding hydrogens is 370 g/mol. The molecule has 0 aliphatic carbocycles. The Morgan fingerprint density at radius 3 is 1.96 bits per heavy atom. The van der Waals surface area contributed by atoms with Gasteiger partial charge in [-0.15, -0.1) is 0 Å². The molecule has 25 heavy (non-hydrogen) atoms. The van der Waals surface area contributed by atoms with Gasteiger partial charge in [-0.1, -0.05) is 63.0 Å². The summed E-state index contributed by atoms with van der Waals surface area (Å²) in [7, 11) is -2.50. The number of thioether (sulfide) groups is 1. The summed E-state index contributed by atoms with van der Waals surface area (Å²) in [6.07, 6.45) is 8.92. The van der Waals surface area contributed by atoms with Crippen LogP contribution in [0.25, 0.3) is 0 Å². The fourth-order valence-corrected chi connectivity index (χ4v) is 6.30. The Bertz CT molecular complexity index is 306. The van der Waals surface area contributed by atoms with E-state index < -0.39 is 8.80 Å². The Hall–Kier alpha value is 0.337. The molecule has 150 valence electrons. The second-order valence-electron chi connectivity index (χ2n) is 5.92. The molecule has 0 unspecified atom stereocenters. The van der Waals surface area contributed by atoms with Crippen molar-refractivity contribution in [2.45, 2.75) is 78.7 Å². The summed E-state index contributed by atoms with van der Waals surface area (Å²) < 4.78 is 18.5. The van der Waals surface area contributed by atoms with Crippen molar-refractivity contribution in [3.8, 4) is 0 Å². The van der Waals surface area contributed by atoms with Gasteiger partial charge in [0, 0.05) is 38.2 Å². The number of nitrogens with one attached hydrogen (secondary N) is 1. The van der Waals surface area contributed by atoms with Crippen molar-refractivity contribution in [2.24, 2.45) is 0 Å². The van der Waals surface area contributed by atoms with Crippen molar-refractivity contribution in [2.75, 3.05) is 32.1 Å². The Kier molecular flexibility index (Phi) is 18.0. The summed E-state index contributed by atoms with van der Waals surface area (Å²) in [4.78, 5) is 0. The molecule has 0 aromatic heterocycles. The molecule has 0 saturated heterocycles. The molecule has 0 aliphatic rings. The highest BCUT2D eigenvalue weighted by Gasteiger charge is 2.39. The average Bonchev–Trinajstić information content (AvgIpc) is 2.59. The third kappa shape index (κ3) is 14.1. The lowest BCUT2D eigenvalue weighted by Crippen LogP contribution is -2.46. The first kappa shape index (κ1) is 25.3. The van der Waals surface area contributed by atoms with Crippen LogP contribution in [-0.4, -0.2) is 45.2 Å². The van der Waals surface area contributed by atoms with Crippen LogP contribution in [0.4, 0.5) is 0 Å². The predicted molar refractivity (Wildman–Crippen MR) is 116 cm³/mol. The number of hydrogen-bond donors (Lipinski definition) is 1. The number of rotatable bonds is 17. The van der Waals surface area contributed by atoms with E-state index in [4.69, 9.17) is 25.5 Å². The SMILES string of the molecule is CCCCCCCCSC(=S)NCCC[Si](OCC)(OCC)OCC. The van der Waals surface area contributed by atoms with Gasteiger partial charge in [-0.2, -0.15) is 0 Å². The molecule has 0 aromatic rings. The van der Waals surface area contributed by atoms with Crippen LogP contribution < -0.4 is 5.32 Å². The van der Waals surface area contributed by atoms with Gasteiger partial charge < -0.3 is 18.6 Å². The van der Waals surface area contributed by atoms with Crippen molar-refractivity contribution < 1.29 is 13.3 Å². The molecule has 0 radical (unpaired) electrons. The molecule has 7 heteroatoms. The molecule has 0 aliphatic heterocycles. The summed E-state index contributed by atoms with van der Waals surface area (Å²) >= 11 is 7.17. The van der Waals surface area contributed by atoms with Crippen LogP contribution in [0.3, 0.4) is 0 Å². The van der Waals surface area contributed by atoms with Gasteiger partial charge in [0.15, 0.2) is 0 Å². The molecule has 0 fully saturated rings. The van der Waals surface area contributed by atoms with Crippen molar-refractivity contribution in [1.82, 2.24) is 5.32 Å². The maximum Gasteiger partial charge on any atom is 0.500 e. The Morgan fingerprint density at radius 2 is 1.40 bits per heavy atom. The molecule has 0 atom stereocenters. The first-order chi connectivity index (χ1) is 12.1. The quantitative estimate of drug-likeness (QED) is 0.197. The molecule has 0 spiro atoms. The summed E-state index contributed by atoms with van der Waals surface area (Å²) in [5, 5.41) is 3.34. The maximum atomic E-state index is 5.87. The number of unbranched alkanes of at least 4 members (excludes halogenated alkanes) is 5. The normalized spacial score (nSPS) is 11.7. The van der Waals surface area contributed by atoms with Crippen LogP contribution in [0.5, 0.6) is 0 Å². The first-order valence-corrected chi connectivity index (χ1v) is 13.3. The standard InChI is InChI=1S/C18H39NO3S2Si/c1-5-9-10-11-12-13-16-24-18(23)19-15-14-17-25(20-6-2,21-7-3)22-8-4/h5-17H2,1-4H3,(H,19,23). The van der Waals surface area contributed by atoms with Crippen LogP contribution in [0.2, 0.25) is 6.04 Å². The molecule has 0 heterocycles. The number of hydrogen-bond acceptors (Lipinski definition) is 5. The highest BCUT2D eigenvalue weighted by atomic mass is 32.2. The van der Waals surface area contributed by atoms with Crippen LogP contribution in [0.1, 0.15) is 72.6 Å². The van der Waals surface area contributed by atoms with E-state index in [9.17, 15) is 0 Å². The minimum Gasteiger partial charge on any atom is -0.374 e. The van der Waals surface area contributed by atoms with Gasteiger partial charge in [-0.05, 0) is 33.6 Å². The minimum atomic E-state index is -2.50.